The molecule has 0 aromatic heterocycles. The van der Waals surface area contributed by atoms with Gasteiger partial charge < -0.3 is 15.3 Å². The van der Waals surface area contributed by atoms with Gasteiger partial charge in [-0.3, -0.25) is 14.4 Å². The van der Waals surface area contributed by atoms with Gasteiger partial charge in [-0.15, -0.1) is 0 Å². The van der Waals surface area contributed by atoms with E-state index in [0.717, 1.165) is 4.90 Å². The quantitative estimate of drug-likeness (QED) is 0.646. The van der Waals surface area contributed by atoms with Crippen molar-refractivity contribution in [2.75, 3.05) is 13.1 Å². The lowest BCUT2D eigenvalue weighted by Crippen LogP contribution is -2.46. The Labute approximate surface area is 150 Å². The zero-order chi connectivity index (χ0) is 19.0. The Morgan fingerprint density at radius 2 is 1.76 bits per heavy atom. The minimum Gasteiger partial charge on any atom is -0.480 e. The Hall–Kier alpha value is -2.41. The topological polar surface area (TPSA) is 104 Å². The molecule has 1 rings (SSSR count). The molecule has 0 aliphatic rings. The zero-order valence-corrected chi connectivity index (χ0v) is 14.9. The van der Waals surface area contributed by atoms with Crippen molar-refractivity contribution in [3.05, 3.63) is 34.9 Å². The average molecular weight is 369 g/mol. The maximum absolute atomic E-state index is 12.3. The summed E-state index contributed by atoms with van der Waals surface area (Å²) in [4.78, 5) is 47.7. The van der Waals surface area contributed by atoms with Crippen LogP contribution in [0.3, 0.4) is 0 Å². The van der Waals surface area contributed by atoms with Crippen LogP contribution in [0.25, 0.3) is 0 Å². The molecule has 136 valence electrons. The van der Waals surface area contributed by atoms with Crippen LogP contribution in [0.5, 0.6) is 0 Å². The number of carboxylic acid groups (broad SMARTS) is 1. The van der Waals surface area contributed by atoms with E-state index in [1.54, 1.807) is 24.3 Å². The van der Waals surface area contributed by atoms with E-state index in [1.165, 1.54) is 13.8 Å². The number of carbonyl (C=O) groups is 4. The highest BCUT2D eigenvalue weighted by molar-refractivity contribution is 6.30. The fourth-order valence-electron chi connectivity index (χ4n) is 2.16. The summed E-state index contributed by atoms with van der Waals surface area (Å²) in [5, 5.41) is 12.2. The summed E-state index contributed by atoms with van der Waals surface area (Å²) in [5.74, 6) is -2.11. The van der Waals surface area contributed by atoms with Gasteiger partial charge in [0.05, 0.1) is 0 Å². The van der Waals surface area contributed by atoms with Gasteiger partial charge in [-0.2, -0.15) is 0 Å². The zero-order valence-electron chi connectivity index (χ0n) is 14.1. The molecule has 1 aromatic rings. The Morgan fingerprint density at radius 3 is 2.28 bits per heavy atom. The van der Waals surface area contributed by atoms with Crippen LogP contribution >= 0.6 is 11.6 Å². The molecule has 0 saturated heterocycles. The number of amides is 2. The third-order valence-electron chi connectivity index (χ3n) is 3.60. The van der Waals surface area contributed by atoms with Crippen LogP contribution in [0.1, 0.15) is 37.0 Å². The highest BCUT2D eigenvalue weighted by Crippen LogP contribution is 2.13. The van der Waals surface area contributed by atoms with E-state index in [-0.39, 0.29) is 37.6 Å². The van der Waals surface area contributed by atoms with E-state index in [2.05, 4.69) is 5.32 Å². The number of Topliss-reactive ketones (excluding diaryl/α,β-unsaturated/α-hetero) is 1. The smallest absolute Gasteiger partial charge is 0.326 e. The molecule has 1 aromatic carbocycles. The third-order valence-corrected chi connectivity index (χ3v) is 3.86. The molecular weight excluding hydrogens is 348 g/mol. The molecule has 2 N–H and O–H groups in total. The predicted octanol–water partition coefficient (Wildman–Crippen LogP) is 1.74. The van der Waals surface area contributed by atoms with Crippen LogP contribution in [0.15, 0.2) is 24.3 Å². The first-order chi connectivity index (χ1) is 11.7. The van der Waals surface area contributed by atoms with E-state index in [9.17, 15) is 19.2 Å². The van der Waals surface area contributed by atoms with Crippen LogP contribution < -0.4 is 5.32 Å². The van der Waals surface area contributed by atoms with Gasteiger partial charge in [0.2, 0.25) is 11.8 Å². The second kappa shape index (κ2) is 9.78. The highest BCUT2D eigenvalue weighted by atomic mass is 35.5. The summed E-state index contributed by atoms with van der Waals surface area (Å²) in [5.41, 5.74) is 0.438. The molecule has 0 radical (unpaired) electrons. The molecule has 0 spiro atoms. The molecule has 0 saturated carbocycles. The SMILES string of the molecule is CC(=O)NCCN(C(=O)CCC(=O)c1ccc(Cl)cc1)C(C)C(=O)O. The largest absolute Gasteiger partial charge is 0.480 e. The number of halogens is 1. The van der Waals surface area contributed by atoms with Crippen molar-refractivity contribution in [3.63, 3.8) is 0 Å². The maximum atomic E-state index is 12.3. The van der Waals surface area contributed by atoms with Gasteiger partial charge in [-0.25, -0.2) is 4.79 Å². The molecule has 7 nitrogen and oxygen atoms in total. The number of nitrogens with one attached hydrogen (secondary N) is 1. The normalized spacial score (nSPS) is 11.5. The second-order valence-electron chi connectivity index (χ2n) is 5.51. The average Bonchev–Trinajstić information content (AvgIpc) is 2.56. The standard InChI is InChI=1S/C17H21ClN2O5/c1-11(17(24)25)20(10-9-19-12(2)21)16(23)8-7-15(22)13-3-5-14(18)6-4-13/h3-6,11H,7-10H2,1-2H3,(H,19,21)(H,24,25). The molecule has 0 bridgehead atoms. The number of aliphatic carboxylic acids is 1. The number of hydrogen-bond acceptors (Lipinski definition) is 4. The van der Waals surface area contributed by atoms with Crippen LogP contribution in [-0.4, -0.2) is 52.7 Å². The number of hydrogen-bond donors (Lipinski definition) is 2. The van der Waals surface area contributed by atoms with Gasteiger partial charge in [0.15, 0.2) is 5.78 Å². The first-order valence-electron chi connectivity index (χ1n) is 7.78. The van der Waals surface area contributed by atoms with Crippen molar-refractivity contribution in [1.82, 2.24) is 10.2 Å². The molecule has 0 heterocycles. The number of carbonyl (C=O) groups excluding carboxylic acids is 3. The Bertz CT molecular complexity index is 645. The van der Waals surface area contributed by atoms with Crippen molar-refractivity contribution >= 4 is 35.2 Å². The molecule has 0 aliphatic carbocycles. The minimum atomic E-state index is -1.15. The number of rotatable bonds is 9. The first-order valence-corrected chi connectivity index (χ1v) is 8.15. The van der Waals surface area contributed by atoms with E-state index < -0.39 is 17.9 Å². The number of nitrogens with zero attached hydrogens (tertiary/aromatic N) is 1. The molecular formula is C17H21ClN2O5. The molecule has 0 aliphatic heterocycles. The van der Waals surface area contributed by atoms with E-state index in [1.807, 2.05) is 0 Å². The molecule has 8 heteroatoms. The summed E-state index contributed by atoms with van der Waals surface area (Å²) in [6.45, 7) is 2.91. The van der Waals surface area contributed by atoms with Gasteiger partial charge >= 0.3 is 5.97 Å². The van der Waals surface area contributed by atoms with E-state index in [4.69, 9.17) is 16.7 Å². The number of benzene rings is 1. The first kappa shape index (κ1) is 20.6. The van der Waals surface area contributed by atoms with Crippen molar-refractivity contribution < 1.29 is 24.3 Å². The van der Waals surface area contributed by atoms with Crippen LogP contribution in [0.4, 0.5) is 0 Å². The Balaban J connectivity index is 2.66. The van der Waals surface area contributed by atoms with Gasteiger partial charge in [-0.1, -0.05) is 11.6 Å². The molecule has 1 unspecified atom stereocenters. The minimum absolute atomic E-state index is 0.0383. The van der Waals surface area contributed by atoms with Crippen LogP contribution in [0, 0.1) is 0 Å². The number of carboxylic acids is 1. The molecule has 25 heavy (non-hydrogen) atoms. The Kier molecular flexibility index (Phi) is 8.07. The van der Waals surface area contributed by atoms with Crippen molar-refractivity contribution in [1.29, 1.82) is 0 Å². The monoisotopic (exact) mass is 368 g/mol. The maximum Gasteiger partial charge on any atom is 0.326 e. The van der Waals surface area contributed by atoms with Crippen molar-refractivity contribution in [2.45, 2.75) is 32.7 Å². The summed E-state index contributed by atoms with van der Waals surface area (Å²) >= 11 is 5.76. The second-order valence-corrected chi connectivity index (χ2v) is 5.95. The lowest BCUT2D eigenvalue weighted by Gasteiger charge is -2.26. The fourth-order valence-corrected chi connectivity index (χ4v) is 2.29. The summed E-state index contributed by atoms with van der Waals surface area (Å²) in [6.07, 6.45) is -0.150. The molecule has 1 atom stereocenters. The van der Waals surface area contributed by atoms with Gasteiger partial charge in [0.25, 0.3) is 0 Å². The molecule has 0 fully saturated rings. The van der Waals surface area contributed by atoms with Crippen LogP contribution in [0.2, 0.25) is 5.02 Å². The summed E-state index contributed by atoms with van der Waals surface area (Å²) in [6, 6.07) is 5.27. The van der Waals surface area contributed by atoms with Crippen molar-refractivity contribution in [3.8, 4) is 0 Å². The van der Waals surface area contributed by atoms with Crippen molar-refractivity contribution in [2.24, 2.45) is 0 Å². The Morgan fingerprint density at radius 1 is 1.16 bits per heavy atom. The summed E-state index contributed by atoms with van der Waals surface area (Å²) in [7, 11) is 0. The number of ketones is 1. The van der Waals surface area contributed by atoms with E-state index >= 15 is 0 Å². The summed E-state index contributed by atoms with van der Waals surface area (Å²) < 4.78 is 0. The van der Waals surface area contributed by atoms with Gasteiger partial charge in [-0.05, 0) is 31.2 Å². The van der Waals surface area contributed by atoms with Gasteiger partial charge in [0.1, 0.15) is 6.04 Å². The lowest BCUT2D eigenvalue weighted by molar-refractivity contribution is -0.149. The highest BCUT2D eigenvalue weighted by Gasteiger charge is 2.25. The molecule has 2 amide bonds. The lowest BCUT2D eigenvalue weighted by atomic mass is 10.1. The third kappa shape index (κ3) is 6.93. The fraction of sp³-hybridized carbons (Fsp3) is 0.412. The van der Waals surface area contributed by atoms with Crippen LogP contribution in [-0.2, 0) is 14.4 Å². The van der Waals surface area contributed by atoms with E-state index in [0.29, 0.717) is 10.6 Å². The predicted molar refractivity (Wildman–Crippen MR) is 92.5 cm³/mol. The van der Waals surface area contributed by atoms with Gasteiger partial charge in [0, 0.05) is 43.4 Å².